The molecule has 4 aromatic rings. The molecule has 2 N–H and O–H groups in total. The third-order valence-electron chi connectivity index (χ3n) is 4.45. The van der Waals surface area contributed by atoms with Crippen LogP contribution in [0.2, 0.25) is 0 Å². The van der Waals surface area contributed by atoms with Gasteiger partial charge in [-0.3, -0.25) is 4.79 Å². The molecule has 3 nitrogen and oxygen atoms in total. The van der Waals surface area contributed by atoms with Crippen LogP contribution in [0.25, 0.3) is 21.9 Å². The number of phenolic OH excluding ortho intramolecular Hbond substituents is 1. The lowest BCUT2D eigenvalue weighted by Gasteiger charge is -2.15. The number of benzene rings is 4. The Morgan fingerprint density at radius 1 is 0.815 bits per heavy atom. The molecule has 4 heteroatoms. The first kappa shape index (κ1) is 17.3. The van der Waals surface area contributed by atoms with Crippen molar-refractivity contribution in [1.29, 1.82) is 0 Å². The second kappa shape index (κ2) is 7.25. The van der Waals surface area contributed by atoms with Crippen LogP contribution < -0.4 is 5.32 Å². The normalized spacial score (nSPS) is 10.7. The summed E-state index contributed by atoms with van der Waals surface area (Å²) in [4.78, 5) is 12.7. The van der Waals surface area contributed by atoms with Crippen LogP contribution >= 0.6 is 15.9 Å². The number of nitrogens with one attached hydrogen (secondary N) is 1. The van der Waals surface area contributed by atoms with Gasteiger partial charge in [0.2, 0.25) is 0 Å². The highest BCUT2D eigenvalue weighted by molar-refractivity contribution is 9.10. The number of halogens is 1. The minimum Gasteiger partial charge on any atom is -0.506 e. The van der Waals surface area contributed by atoms with E-state index in [9.17, 15) is 9.90 Å². The Labute approximate surface area is 165 Å². The van der Waals surface area contributed by atoms with Gasteiger partial charge in [0.1, 0.15) is 5.75 Å². The molecule has 0 bridgehead atoms. The fourth-order valence-electron chi connectivity index (χ4n) is 3.17. The van der Waals surface area contributed by atoms with E-state index in [4.69, 9.17) is 0 Å². The number of fused-ring (bicyclic) bond motifs is 1. The molecule has 4 aromatic carbocycles. The summed E-state index contributed by atoms with van der Waals surface area (Å²) in [5.41, 5.74) is 2.64. The Bertz CT molecular complexity index is 1150. The Hall–Kier alpha value is -3.11. The number of anilines is 1. The minimum absolute atomic E-state index is 0.0313. The molecule has 0 saturated heterocycles. The number of amides is 1. The molecule has 0 aromatic heterocycles. The standard InChI is InChI=1S/C23H16BrNO2/c24-17-9-3-8-16(14-17)23(27)25-22-20(12-5-13-21(22)26)19-11-4-7-15-6-1-2-10-18(15)19/h1-14,26H,(H,25,27). The van der Waals surface area contributed by atoms with Crippen LogP contribution in [-0.4, -0.2) is 11.0 Å². The smallest absolute Gasteiger partial charge is 0.255 e. The van der Waals surface area contributed by atoms with E-state index in [1.807, 2.05) is 54.6 Å². The molecule has 0 spiro atoms. The lowest BCUT2D eigenvalue weighted by molar-refractivity contribution is 0.102. The largest absolute Gasteiger partial charge is 0.506 e. The highest BCUT2D eigenvalue weighted by Gasteiger charge is 2.15. The second-order valence-corrected chi connectivity index (χ2v) is 7.11. The van der Waals surface area contributed by atoms with Crippen molar-refractivity contribution >= 4 is 38.3 Å². The molecule has 0 aliphatic rings. The Kier molecular flexibility index (Phi) is 4.65. The number of hydrogen-bond donors (Lipinski definition) is 2. The third kappa shape index (κ3) is 3.44. The van der Waals surface area contributed by atoms with Gasteiger partial charge in [-0.2, -0.15) is 0 Å². The molecule has 0 unspecified atom stereocenters. The zero-order valence-electron chi connectivity index (χ0n) is 14.3. The van der Waals surface area contributed by atoms with Crippen LogP contribution in [0.4, 0.5) is 5.69 Å². The lowest BCUT2D eigenvalue weighted by atomic mass is 9.96. The van der Waals surface area contributed by atoms with Gasteiger partial charge in [0, 0.05) is 15.6 Å². The maximum atomic E-state index is 12.7. The van der Waals surface area contributed by atoms with Crippen LogP contribution in [0.5, 0.6) is 5.75 Å². The topological polar surface area (TPSA) is 49.3 Å². The number of carbonyl (C=O) groups is 1. The second-order valence-electron chi connectivity index (χ2n) is 6.19. The zero-order valence-corrected chi connectivity index (χ0v) is 15.9. The molecule has 4 rings (SSSR count). The van der Waals surface area contributed by atoms with Gasteiger partial charge in [-0.1, -0.05) is 76.6 Å². The summed E-state index contributed by atoms with van der Waals surface area (Å²) < 4.78 is 0.821. The van der Waals surface area contributed by atoms with E-state index in [2.05, 4.69) is 21.2 Å². The first-order valence-electron chi connectivity index (χ1n) is 8.50. The summed E-state index contributed by atoms with van der Waals surface area (Å²) in [6.07, 6.45) is 0. The molecule has 0 aliphatic heterocycles. The van der Waals surface area contributed by atoms with Crippen LogP contribution in [0, 0.1) is 0 Å². The zero-order chi connectivity index (χ0) is 18.8. The van der Waals surface area contributed by atoms with E-state index in [-0.39, 0.29) is 11.7 Å². The van der Waals surface area contributed by atoms with Gasteiger partial charge >= 0.3 is 0 Å². The highest BCUT2D eigenvalue weighted by atomic mass is 79.9. The van der Waals surface area contributed by atoms with Crippen molar-refractivity contribution < 1.29 is 9.90 Å². The maximum absolute atomic E-state index is 12.7. The Morgan fingerprint density at radius 3 is 2.37 bits per heavy atom. The summed E-state index contributed by atoms with van der Waals surface area (Å²) in [7, 11) is 0. The fourth-order valence-corrected chi connectivity index (χ4v) is 3.57. The molecule has 0 radical (unpaired) electrons. The average Bonchev–Trinajstić information content (AvgIpc) is 2.69. The molecule has 1 amide bonds. The van der Waals surface area contributed by atoms with E-state index in [1.165, 1.54) is 0 Å². The average molecular weight is 418 g/mol. The molecular formula is C23H16BrNO2. The monoisotopic (exact) mass is 417 g/mol. The summed E-state index contributed by atoms with van der Waals surface area (Å²) in [5.74, 6) is -0.247. The number of rotatable bonds is 3. The first-order valence-corrected chi connectivity index (χ1v) is 9.30. The van der Waals surface area contributed by atoms with Crippen molar-refractivity contribution in [3.63, 3.8) is 0 Å². The first-order chi connectivity index (χ1) is 13.1. The molecule has 0 aliphatic carbocycles. The summed E-state index contributed by atoms with van der Waals surface area (Å²) >= 11 is 3.38. The van der Waals surface area contributed by atoms with Crippen molar-refractivity contribution in [1.82, 2.24) is 0 Å². The van der Waals surface area contributed by atoms with Crippen molar-refractivity contribution in [2.45, 2.75) is 0 Å². The minimum atomic E-state index is -0.278. The van der Waals surface area contributed by atoms with E-state index in [0.29, 0.717) is 11.3 Å². The Morgan fingerprint density at radius 2 is 1.52 bits per heavy atom. The summed E-state index contributed by atoms with van der Waals surface area (Å²) in [6.45, 7) is 0. The molecule has 27 heavy (non-hydrogen) atoms. The van der Waals surface area contributed by atoms with Gasteiger partial charge in [-0.25, -0.2) is 0 Å². The van der Waals surface area contributed by atoms with Crippen molar-refractivity contribution in [2.24, 2.45) is 0 Å². The van der Waals surface area contributed by atoms with Crippen LogP contribution in [-0.2, 0) is 0 Å². The Balaban J connectivity index is 1.82. The van der Waals surface area contributed by atoms with Gasteiger partial charge in [-0.15, -0.1) is 0 Å². The highest BCUT2D eigenvalue weighted by Crippen LogP contribution is 2.38. The van der Waals surface area contributed by atoms with Gasteiger partial charge < -0.3 is 10.4 Å². The van der Waals surface area contributed by atoms with Crippen molar-refractivity contribution in [2.75, 3.05) is 5.32 Å². The number of hydrogen-bond acceptors (Lipinski definition) is 2. The van der Waals surface area contributed by atoms with E-state index in [1.54, 1.807) is 30.3 Å². The molecule has 0 atom stereocenters. The molecule has 0 fully saturated rings. The SMILES string of the molecule is O=C(Nc1c(O)cccc1-c1cccc2ccccc12)c1cccc(Br)c1. The lowest BCUT2D eigenvalue weighted by Crippen LogP contribution is -2.12. The van der Waals surface area contributed by atoms with E-state index in [0.717, 1.165) is 26.4 Å². The van der Waals surface area contributed by atoms with Crippen LogP contribution in [0.3, 0.4) is 0 Å². The van der Waals surface area contributed by atoms with E-state index >= 15 is 0 Å². The summed E-state index contributed by atoms with van der Waals surface area (Å²) in [5, 5.41) is 15.5. The number of carbonyl (C=O) groups excluding carboxylic acids is 1. The third-order valence-corrected chi connectivity index (χ3v) is 4.94. The van der Waals surface area contributed by atoms with Crippen LogP contribution in [0.15, 0.2) is 89.4 Å². The maximum Gasteiger partial charge on any atom is 0.255 e. The summed E-state index contributed by atoms with van der Waals surface area (Å²) in [6, 6.07) is 26.5. The molecule has 0 heterocycles. The van der Waals surface area contributed by atoms with Gasteiger partial charge in [0.15, 0.2) is 0 Å². The van der Waals surface area contributed by atoms with Crippen molar-refractivity contribution in [3.05, 3.63) is 95.0 Å². The van der Waals surface area contributed by atoms with Gasteiger partial charge in [0.05, 0.1) is 5.69 Å². The predicted octanol–water partition coefficient (Wildman–Crippen LogP) is 6.23. The van der Waals surface area contributed by atoms with Crippen LogP contribution in [0.1, 0.15) is 10.4 Å². The van der Waals surface area contributed by atoms with Gasteiger partial charge in [0.25, 0.3) is 5.91 Å². The van der Waals surface area contributed by atoms with E-state index < -0.39 is 0 Å². The molecule has 0 saturated carbocycles. The number of phenols is 1. The van der Waals surface area contributed by atoms with Gasteiger partial charge in [-0.05, 0) is 40.6 Å². The quantitative estimate of drug-likeness (QED) is 0.388. The predicted molar refractivity (Wildman–Crippen MR) is 113 cm³/mol. The molecule has 132 valence electrons. The molecular weight excluding hydrogens is 402 g/mol. The fraction of sp³-hybridized carbons (Fsp3) is 0. The number of aromatic hydroxyl groups is 1. The number of para-hydroxylation sites is 1. The van der Waals surface area contributed by atoms with Crippen molar-refractivity contribution in [3.8, 4) is 16.9 Å².